The van der Waals surface area contributed by atoms with Crippen LogP contribution in [0.2, 0.25) is 0 Å². The van der Waals surface area contributed by atoms with Crippen LogP contribution in [0.15, 0.2) is 30.6 Å². The van der Waals surface area contributed by atoms with E-state index in [1.54, 1.807) is 18.4 Å². The van der Waals surface area contributed by atoms with Crippen molar-refractivity contribution < 1.29 is 4.74 Å². The lowest BCUT2D eigenvalue weighted by Crippen LogP contribution is -2.15. The molecule has 0 amide bonds. The Morgan fingerprint density at radius 1 is 1.09 bits per heavy atom. The van der Waals surface area contributed by atoms with Gasteiger partial charge in [0, 0.05) is 23.4 Å². The fourth-order valence-electron chi connectivity index (χ4n) is 2.10. The molecule has 0 fully saturated rings. The highest BCUT2D eigenvalue weighted by atomic mass is 32.1. The van der Waals surface area contributed by atoms with Gasteiger partial charge in [0.05, 0.1) is 17.3 Å². The Morgan fingerprint density at radius 2 is 1.83 bits per heavy atom. The molecular weight excluding hydrogens is 306 g/mol. The highest BCUT2D eigenvalue weighted by Crippen LogP contribution is 2.27. The van der Waals surface area contributed by atoms with E-state index >= 15 is 0 Å². The van der Waals surface area contributed by atoms with E-state index < -0.39 is 0 Å². The molecule has 3 rings (SSSR count). The van der Waals surface area contributed by atoms with Crippen LogP contribution in [0.3, 0.4) is 0 Å². The van der Waals surface area contributed by atoms with Crippen LogP contribution in [0, 0.1) is 0 Å². The Kier molecular flexibility index (Phi) is 4.13. The molecule has 4 nitrogen and oxygen atoms in total. The molecule has 0 unspecified atom stereocenters. The van der Waals surface area contributed by atoms with Crippen molar-refractivity contribution in [1.82, 2.24) is 15.0 Å². The summed E-state index contributed by atoms with van der Waals surface area (Å²) in [6.07, 6.45) is 7.68. The van der Waals surface area contributed by atoms with Crippen molar-refractivity contribution in [3.8, 4) is 5.75 Å². The number of ether oxygens (including phenoxy) is 1. The number of fused-ring (bicyclic) bond motifs is 1. The molecule has 23 heavy (non-hydrogen) atoms. The van der Waals surface area contributed by atoms with Gasteiger partial charge >= 0.3 is 0 Å². The molecular formula is C18H19N3OS. The third-order valence-electron chi connectivity index (χ3n) is 3.37. The van der Waals surface area contributed by atoms with Crippen LogP contribution in [0.5, 0.6) is 5.75 Å². The summed E-state index contributed by atoms with van der Waals surface area (Å²) in [6.45, 7) is 6.31. The van der Waals surface area contributed by atoms with Crippen LogP contribution in [0.1, 0.15) is 37.2 Å². The SMILES string of the molecule is COc1ccc2nc(/C=C/c3cnc(C(C)(C)C)nc3)sc2c1. The second-order valence-corrected chi connectivity index (χ2v) is 7.37. The molecule has 1 aromatic carbocycles. The Labute approximate surface area is 139 Å². The number of hydrogen-bond acceptors (Lipinski definition) is 5. The van der Waals surface area contributed by atoms with Crippen LogP contribution < -0.4 is 4.74 Å². The van der Waals surface area contributed by atoms with Gasteiger partial charge in [0.1, 0.15) is 16.6 Å². The number of rotatable bonds is 3. The molecule has 5 heteroatoms. The second-order valence-electron chi connectivity index (χ2n) is 6.31. The predicted molar refractivity (Wildman–Crippen MR) is 95.8 cm³/mol. The van der Waals surface area contributed by atoms with Crippen molar-refractivity contribution in [2.45, 2.75) is 26.2 Å². The minimum Gasteiger partial charge on any atom is -0.497 e. The molecule has 0 saturated heterocycles. The molecule has 0 N–H and O–H groups in total. The quantitative estimate of drug-likeness (QED) is 0.708. The molecule has 3 aromatic rings. The van der Waals surface area contributed by atoms with Gasteiger partial charge in [-0.2, -0.15) is 0 Å². The van der Waals surface area contributed by atoms with Crippen LogP contribution in [-0.4, -0.2) is 22.1 Å². The average Bonchev–Trinajstić information content (AvgIpc) is 2.94. The number of hydrogen-bond donors (Lipinski definition) is 0. The summed E-state index contributed by atoms with van der Waals surface area (Å²) in [5.74, 6) is 1.70. The molecule has 0 saturated carbocycles. The van der Waals surface area contributed by atoms with Crippen LogP contribution >= 0.6 is 11.3 Å². The summed E-state index contributed by atoms with van der Waals surface area (Å²) in [5, 5.41) is 0.952. The Hall–Kier alpha value is -2.27. The fourth-order valence-corrected chi connectivity index (χ4v) is 3.00. The molecule has 118 valence electrons. The summed E-state index contributed by atoms with van der Waals surface area (Å²) < 4.78 is 6.36. The van der Waals surface area contributed by atoms with Crippen molar-refractivity contribution >= 4 is 33.7 Å². The number of aromatic nitrogens is 3. The summed E-state index contributed by atoms with van der Waals surface area (Å²) >= 11 is 1.63. The lowest BCUT2D eigenvalue weighted by molar-refractivity contribution is 0.415. The highest BCUT2D eigenvalue weighted by Gasteiger charge is 2.16. The molecule has 0 aliphatic carbocycles. The zero-order valence-electron chi connectivity index (χ0n) is 13.7. The van der Waals surface area contributed by atoms with Crippen molar-refractivity contribution in [2.24, 2.45) is 0 Å². The van der Waals surface area contributed by atoms with E-state index in [9.17, 15) is 0 Å². The van der Waals surface area contributed by atoms with Crippen molar-refractivity contribution in [3.05, 3.63) is 47.0 Å². The maximum Gasteiger partial charge on any atom is 0.133 e. The molecule has 2 aromatic heterocycles. The largest absolute Gasteiger partial charge is 0.497 e. The van der Waals surface area contributed by atoms with Gasteiger partial charge in [-0.05, 0) is 30.4 Å². The molecule has 0 spiro atoms. The first-order valence-electron chi connectivity index (χ1n) is 7.41. The summed E-state index contributed by atoms with van der Waals surface area (Å²) in [5.41, 5.74) is 1.92. The van der Waals surface area contributed by atoms with Gasteiger partial charge in [0.15, 0.2) is 0 Å². The average molecular weight is 325 g/mol. The standard InChI is InChI=1S/C18H19N3OS/c1-18(2,3)17-19-10-12(11-20-17)5-8-16-21-14-7-6-13(22-4)9-15(14)23-16/h5-11H,1-4H3/b8-5+. The zero-order chi connectivity index (χ0) is 16.4. The van der Waals surface area contributed by atoms with Gasteiger partial charge < -0.3 is 4.74 Å². The van der Waals surface area contributed by atoms with E-state index in [1.807, 2.05) is 42.7 Å². The van der Waals surface area contributed by atoms with E-state index in [-0.39, 0.29) is 5.41 Å². The Balaban J connectivity index is 1.82. The number of thiazole rings is 1. The molecule has 0 aliphatic heterocycles. The Bertz CT molecular complexity index is 845. The van der Waals surface area contributed by atoms with E-state index in [2.05, 4.69) is 35.7 Å². The van der Waals surface area contributed by atoms with Crippen molar-refractivity contribution in [1.29, 1.82) is 0 Å². The first kappa shape index (κ1) is 15.6. The third-order valence-corrected chi connectivity index (χ3v) is 4.36. The van der Waals surface area contributed by atoms with Gasteiger partial charge in [-0.25, -0.2) is 15.0 Å². The lowest BCUT2D eigenvalue weighted by atomic mass is 9.96. The topological polar surface area (TPSA) is 47.9 Å². The monoisotopic (exact) mass is 325 g/mol. The van der Waals surface area contributed by atoms with Crippen molar-refractivity contribution in [3.63, 3.8) is 0 Å². The highest BCUT2D eigenvalue weighted by molar-refractivity contribution is 7.19. The third kappa shape index (κ3) is 3.56. The van der Waals surface area contributed by atoms with Gasteiger partial charge in [0.25, 0.3) is 0 Å². The first-order chi connectivity index (χ1) is 11.0. The van der Waals surface area contributed by atoms with E-state index in [1.165, 1.54) is 0 Å². The Morgan fingerprint density at radius 3 is 2.48 bits per heavy atom. The predicted octanol–water partition coefficient (Wildman–Crippen LogP) is 4.56. The molecule has 0 atom stereocenters. The summed E-state index contributed by atoms with van der Waals surface area (Å²) in [4.78, 5) is 13.5. The molecule has 0 aliphatic rings. The minimum absolute atomic E-state index is 0.0334. The minimum atomic E-state index is -0.0334. The van der Waals surface area contributed by atoms with Gasteiger partial charge in [-0.3, -0.25) is 0 Å². The summed E-state index contributed by atoms with van der Waals surface area (Å²) in [7, 11) is 1.67. The van der Waals surface area contributed by atoms with E-state index in [4.69, 9.17) is 4.74 Å². The lowest BCUT2D eigenvalue weighted by Gasteiger charge is -2.15. The molecule has 0 radical (unpaired) electrons. The van der Waals surface area contributed by atoms with Crippen LogP contribution in [0.4, 0.5) is 0 Å². The van der Waals surface area contributed by atoms with Crippen LogP contribution in [0.25, 0.3) is 22.4 Å². The molecule has 2 heterocycles. The van der Waals surface area contributed by atoms with Gasteiger partial charge in [-0.1, -0.05) is 20.8 Å². The maximum atomic E-state index is 5.24. The number of methoxy groups -OCH3 is 1. The van der Waals surface area contributed by atoms with E-state index in [0.717, 1.165) is 32.4 Å². The summed E-state index contributed by atoms with van der Waals surface area (Å²) in [6, 6.07) is 5.91. The fraction of sp³-hybridized carbons (Fsp3) is 0.278. The van der Waals surface area contributed by atoms with E-state index in [0.29, 0.717) is 0 Å². The smallest absolute Gasteiger partial charge is 0.133 e. The number of benzene rings is 1. The zero-order valence-corrected chi connectivity index (χ0v) is 14.5. The van der Waals surface area contributed by atoms with Crippen molar-refractivity contribution in [2.75, 3.05) is 7.11 Å². The van der Waals surface area contributed by atoms with Gasteiger partial charge in [-0.15, -0.1) is 11.3 Å². The van der Waals surface area contributed by atoms with Crippen LogP contribution in [-0.2, 0) is 5.41 Å². The maximum absolute atomic E-state index is 5.24. The van der Waals surface area contributed by atoms with Gasteiger partial charge in [0.2, 0.25) is 0 Å². The first-order valence-corrected chi connectivity index (χ1v) is 8.22. The second kappa shape index (κ2) is 6.08. The number of nitrogens with zero attached hydrogens (tertiary/aromatic N) is 3. The molecule has 0 bridgehead atoms. The normalized spacial score (nSPS) is 12.2.